The first-order valence-corrected chi connectivity index (χ1v) is 11.1. The molecule has 5 nitrogen and oxygen atoms in total. The number of carbonyl (C=O) groups is 1. The summed E-state index contributed by atoms with van der Waals surface area (Å²) in [4.78, 5) is 10.8. The summed E-state index contributed by atoms with van der Waals surface area (Å²) in [6.07, 6.45) is 17.8. The Balaban J connectivity index is 3.00. The quantitative estimate of drug-likeness (QED) is 0.186. The Hall–Kier alpha value is -0.650. The number of rotatable bonds is 22. The summed E-state index contributed by atoms with van der Waals surface area (Å²) in [6, 6.07) is 0. The lowest BCUT2D eigenvalue weighted by Crippen LogP contribution is -2.14. The van der Waals surface area contributed by atoms with Gasteiger partial charge in [0.05, 0.1) is 33.5 Å². The lowest BCUT2D eigenvalue weighted by Gasteiger charge is -2.06. The fourth-order valence-electron chi connectivity index (χ4n) is 2.88. The Kier molecular flexibility index (Phi) is 22.8. The monoisotopic (exact) mass is 388 g/mol. The lowest BCUT2D eigenvalue weighted by molar-refractivity contribution is -0.146. The molecule has 0 unspecified atom stereocenters. The van der Waals surface area contributed by atoms with Crippen molar-refractivity contribution in [3.05, 3.63) is 0 Å². The molecule has 0 aromatic rings. The molecule has 0 spiro atoms. The molecule has 0 saturated carbocycles. The van der Waals surface area contributed by atoms with Crippen molar-refractivity contribution < 1.29 is 23.7 Å². The van der Waals surface area contributed by atoms with Crippen LogP contribution in [0.15, 0.2) is 0 Å². The van der Waals surface area contributed by atoms with E-state index in [1.807, 2.05) is 0 Å². The minimum atomic E-state index is -0.365. The molecule has 0 radical (unpaired) electrons. The van der Waals surface area contributed by atoms with Gasteiger partial charge in [0.1, 0.15) is 6.61 Å². The van der Waals surface area contributed by atoms with Gasteiger partial charge in [-0.2, -0.15) is 0 Å². The van der Waals surface area contributed by atoms with Crippen molar-refractivity contribution in [3.8, 4) is 0 Å². The van der Waals surface area contributed by atoms with E-state index in [9.17, 15) is 4.79 Å². The van der Waals surface area contributed by atoms with Gasteiger partial charge in [-0.1, -0.05) is 84.0 Å². The third-order valence-corrected chi connectivity index (χ3v) is 4.58. The third-order valence-electron chi connectivity index (χ3n) is 4.58. The van der Waals surface area contributed by atoms with Crippen LogP contribution in [0.1, 0.15) is 90.4 Å². The number of hydrogen-bond acceptors (Lipinski definition) is 5. The zero-order valence-corrected chi connectivity index (χ0v) is 18.0. The Bertz CT molecular complexity index is 296. The maximum atomic E-state index is 10.8. The molecule has 0 amide bonds. The van der Waals surface area contributed by atoms with Crippen LogP contribution < -0.4 is 0 Å². The van der Waals surface area contributed by atoms with Crippen LogP contribution in [-0.4, -0.2) is 52.7 Å². The van der Waals surface area contributed by atoms with Gasteiger partial charge in [-0.25, -0.2) is 4.79 Å². The van der Waals surface area contributed by atoms with Crippen LogP contribution in [-0.2, 0) is 23.7 Å². The molecule has 0 aromatic carbocycles. The molecule has 0 fully saturated rings. The minimum absolute atomic E-state index is 0.0184. The van der Waals surface area contributed by atoms with E-state index in [1.165, 1.54) is 84.2 Å². The number of esters is 1. The van der Waals surface area contributed by atoms with E-state index < -0.39 is 0 Å². The summed E-state index contributed by atoms with van der Waals surface area (Å²) in [5, 5.41) is 0. The normalized spacial score (nSPS) is 11.0. The molecule has 0 N–H and O–H groups in total. The lowest BCUT2D eigenvalue weighted by atomic mass is 10.0. The van der Waals surface area contributed by atoms with Crippen molar-refractivity contribution in [1.82, 2.24) is 0 Å². The highest BCUT2D eigenvalue weighted by Gasteiger charge is 1.99. The summed E-state index contributed by atoms with van der Waals surface area (Å²) in [6.45, 7) is 5.13. The molecule has 0 aliphatic heterocycles. The first-order valence-electron chi connectivity index (χ1n) is 11.1. The van der Waals surface area contributed by atoms with Gasteiger partial charge in [0.25, 0.3) is 0 Å². The Labute approximate surface area is 167 Å². The van der Waals surface area contributed by atoms with Crippen molar-refractivity contribution >= 4 is 5.97 Å². The number of hydrogen-bond donors (Lipinski definition) is 0. The van der Waals surface area contributed by atoms with Gasteiger partial charge in [-0.15, -0.1) is 0 Å². The van der Waals surface area contributed by atoms with E-state index in [-0.39, 0.29) is 12.6 Å². The molecule has 27 heavy (non-hydrogen) atoms. The van der Waals surface area contributed by atoms with Gasteiger partial charge in [0, 0.05) is 6.61 Å². The topological polar surface area (TPSA) is 54.0 Å². The number of carbonyl (C=O) groups excluding carboxylic acids is 1. The van der Waals surface area contributed by atoms with E-state index in [0.717, 1.165) is 13.0 Å². The second kappa shape index (κ2) is 23.4. The third kappa shape index (κ3) is 23.3. The molecular formula is C22H44O5. The fraction of sp³-hybridized carbons (Fsp3) is 0.955. The molecule has 0 aromatic heterocycles. The number of methoxy groups -OCH3 is 1. The van der Waals surface area contributed by atoms with Gasteiger partial charge in [0.2, 0.25) is 0 Å². The molecule has 0 bridgehead atoms. The fourth-order valence-corrected chi connectivity index (χ4v) is 2.88. The molecule has 5 heteroatoms. The van der Waals surface area contributed by atoms with Gasteiger partial charge >= 0.3 is 5.97 Å². The van der Waals surface area contributed by atoms with Crippen LogP contribution in [0.2, 0.25) is 0 Å². The van der Waals surface area contributed by atoms with E-state index in [0.29, 0.717) is 26.4 Å². The highest BCUT2D eigenvalue weighted by atomic mass is 16.6. The van der Waals surface area contributed by atoms with E-state index in [4.69, 9.17) is 14.2 Å². The van der Waals surface area contributed by atoms with Crippen molar-refractivity contribution in [3.63, 3.8) is 0 Å². The number of unbranched alkanes of at least 4 members (excludes halogenated alkanes) is 12. The molecule has 0 rings (SSSR count). The largest absolute Gasteiger partial charge is 0.467 e. The SMILES string of the molecule is CCCCCCCCCCCCCCCOCCOCCOCC(=O)OC. The van der Waals surface area contributed by atoms with Crippen molar-refractivity contribution in [2.45, 2.75) is 90.4 Å². The van der Waals surface area contributed by atoms with Crippen LogP contribution in [0.3, 0.4) is 0 Å². The Morgan fingerprint density at radius 1 is 0.556 bits per heavy atom. The van der Waals surface area contributed by atoms with Gasteiger partial charge in [0.15, 0.2) is 0 Å². The van der Waals surface area contributed by atoms with Gasteiger partial charge < -0.3 is 18.9 Å². The second-order valence-corrected chi connectivity index (χ2v) is 7.10. The summed E-state index contributed by atoms with van der Waals surface area (Å²) in [7, 11) is 1.34. The first kappa shape index (κ1) is 26.4. The highest BCUT2D eigenvalue weighted by Crippen LogP contribution is 2.12. The summed E-state index contributed by atoms with van der Waals surface area (Å²) >= 11 is 0. The summed E-state index contributed by atoms with van der Waals surface area (Å²) in [5.41, 5.74) is 0. The van der Waals surface area contributed by atoms with Crippen LogP contribution in [0.5, 0.6) is 0 Å². The molecule has 0 atom stereocenters. The molecule has 162 valence electrons. The zero-order valence-electron chi connectivity index (χ0n) is 18.0. The molecular weight excluding hydrogens is 344 g/mol. The average Bonchev–Trinajstić information content (AvgIpc) is 2.68. The van der Waals surface area contributed by atoms with E-state index in [2.05, 4.69) is 11.7 Å². The van der Waals surface area contributed by atoms with Gasteiger partial charge in [-0.05, 0) is 6.42 Å². The predicted octanol–water partition coefficient (Wildman–Crippen LogP) is 5.30. The zero-order chi connectivity index (χ0) is 19.8. The maximum absolute atomic E-state index is 10.8. The molecule has 0 saturated heterocycles. The van der Waals surface area contributed by atoms with E-state index in [1.54, 1.807) is 0 Å². The summed E-state index contributed by atoms with van der Waals surface area (Å²) < 4.78 is 20.5. The highest BCUT2D eigenvalue weighted by molar-refractivity contribution is 5.70. The Morgan fingerprint density at radius 3 is 1.44 bits per heavy atom. The van der Waals surface area contributed by atoms with Crippen LogP contribution >= 0.6 is 0 Å². The second-order valence-electron chi connectivity index (χ2n) is 7.10. The van der Waals surface area contributed by atoms with Crippen molar-refractivity contribution in [1.29, 1.82) is 0 Å². The molecule has 0 aliphatic rings. The average molecular weight is 389 g/mol. The summed E-state index contributed by atoms with van der Waals surface area (Å²) in [5.74, 6) is -0.365. The molecule has 0 aliphatic carbocycles. The molecule has 0 heterocycles. The van der Waals surface area contributed by atoms with Crippen LogP contribution in [0, 0.1) is 0 Å². The van der Waals surface area contributed by atoms with E-state index >= 15 is 0 Å². The predicted molar refractivity (Wildman–Crippen MR) is 110 cm³/mol. The maximum Gasteiger partial charge on any atom is 0.331 e. The first-order chi connectivity index (χ1) is 13.3. The Morgan fingerprint density at radius 2 is 0.963 bits per heavy atom. The van der Waals surface area contributed by atoms with Crippen LogP contribution in [0.25, 0.3) is 0 Å². The van der Waals surface area contributed by atoms with Crippen LogP contribution in [0.4, 0.5) is 0 Å². The standard InChI is InChI=1S/C22H44O5/c1-3-4-5-6-7-8-9-10-11-12-13-14-15-16-25-17-18-26-19-20-27-21-22(23)24-2/h3-21H2,1-2H3. The van der Waals surface area contributed by atoms with Crippen molar-refractivity contribution in [2.75, 3.05) is 46.8 Å². The smallest absolute Gasteiger partial charge is 0.331 e. The minimum Gasteiger partial charge on any atom is -0.467 e. The van der Waals surface area contributed by atoms with Gasteiger partial charge in [-0.3, -0.25) is 0 Å². The number of ether oxygens (including phenoxy) is 4. The van der Waals surface area contributed by atoms with Crippen molar-refractivity contribution in [2.24, 2.45) is 0 Å².